The van der Waals surface area contributed by atoms with Gasteiger partial charge in [0.15, 0.2) is 9.84 Å². The van der Waals surface area contributed by atoms with Gasteiger partial charge in [0.25, 0.3) is 5.91 Å². The fourth-order valence-corrected chi connectivity index (χ4v) is 4.00. The third-order valence-corrected chi connectivity index (χ3v) is 6.14. The summed E-state index contributed by atoms with van der Waals surface area (Å²) in [5.41, 5.74) is 2.76. The van der Waals surface area contributed by atoms with Gasteiger partial charge in [-0.25, -0.2) is 8.42 Å². The summed E-state index contributed by atoms with van der Waals surface area (Å²) in [6, 6.07) is 14.2. The van der Waals surface area contributed by atoms with E-state index in [2.05, 4.69) is 42.3 Å². The van der Waals surface area contributed by atoms with E-state index in [4.69, 9.17) is 4.74 Å². The molecule has 2 aromatic rings. The maximum Gasteiger partial charge on any atom is 0.251 e. The molecule has 0 aliphatic carbocycles. The number of likely N-dealkylation sites (N-methyl/N-ethyl adjacent to an activating group) is 1. The lowest BCUT2D eigenvalue weighted by molar-refractivity contribution is 0.0954. The van der Waals surface area contributed by atoms with Crippen LogP contribution < -0.4 is 10.2 Å². The Morgan fingerprint density at radius 2 is 1.86 bits per heavy atom. The second kappa shape index (κ2) is 10.2. The number of anilines is 1. The largest absolute Gasteiger partial charge is 0.384 e. The van der Waals surface area contributed by atoms with Crippen molar-refractivity contribution in [2.45, 2.75) is 18.7 Å². The Morgan fingerprint density at radius 3 is 2.46 bits per heavy atom. The first-order valence-electron chi connectivity index (χ1n) is 9.29. The van der Waals surface area contributed by atoms with Crippen molar-refractivity contribution >= 4 is 21.4 Å². The van der Waals surface area contributed by atoms with E-state index in [0.717, 1.165) is 12.2 Å². The highest BCUT2D eigenvalue weighted by Crippen LogP contribution is 2.15. The zero-order valence-electron chi connectivity index (χ0n) is 16.6. The summed E-state index contributed by atoms with van der Waals surface area (Å²) < 4.78 is 29.1. The fraction of sp³-hybridized carbons (Fsp3) is 0.381. The molecule has 152 valence electrons. The lowest BCUT2D eigenvalue weighted by Crippen LogP contribution is -2.35. The molecule has 1 N–H and O–H groups in total. The van der Waals surface area contributed by atoms with Crippen molar-refractivity contribution in [1.29, 1.82) is 0 Å². The van der Waals surface area contributed by atoms with Crippen LogP contribution in [0.1, 0.15) is 22.8 Å². The van der Waals surface area contributed by atoms with Gasteiger partial charge in [-0.1, -0.05) is 12.1 Å². The summed E-state index contributed by atoms with van der Waals surface area (Å²) in [6.07, 6.45) is 0. The molecule has 0 aliphatic heterocycles. The van der Waals surface area contributed by atoms with Crippen molar-refractivity contribution in [3.8, 4) is 0 Å². The molecule has 0 heterocycles. The predicted octanol–water partition coefficient (Wildman–Crippen LogP) is 2.67. The molecule has 0 aliphatic rings. The molecule has 28 heavy (non-hydrogen) atoms. The van der Waals surface area contributed by atoms with Crippen LogP contribution >= 0.6 is 0 Å². The molecule has 0 saturated heterocycles. The minimum atomic E-state index is -3.39. The van der Waals surface area contributed by atoms with Gasteiger partial charge < -0.3 is 15.0 Å². The maximum absolute atomic E-state index is 12.3. The summed E-state index contributed by atoms with van der Waals surface area (Å²) in [4.78, 5) is 14.7. The third kappa shape index (κ3) is 6.07. The third-order valence-electron chi connectivity index (χ3n) is 4.45. The van der Waals surface area contributed by atoms with Crippen LogP contribution in [0.25, 0.3) is 0 Å². The maximum atomic E-state index is 12.3. The molecule has 0 radical (unpaired) electrons. The normalized spacial score (nSPS) is 11.2. The molecular formula is C21H28N2O4S. The van der Waals surface area contributed by atoms with Gasteiger partial charge in [-0.05, 0) is 55.8 Å². The number of ether oxygens (including phenoxy) is 1. The van der Waals surface area contributed by atoms with Crippen LogP contribution in [-0.4, -0.2) is 53.4 Å². The number of nitrogens with one attached hydrogen (secondary N) is 1. The van der Waals surface area contributed by atoms with E-state index in [1.807, 2.05) is 6.07 Å². The topological polar surface area (TPSA) is 75.7 Å². The average molecular weight is 405 g/mol. The Hall–Kier alpha value is -2.38. The number of hydrogen-bond donors (Lipinski definition) is 1. The van der Waals surface area contributed by atoms with Crippen LogP contribution in [0.15, 0.2) is 53.4 Å². The number of hydrogen-bond acceptors (Lipinski definition) is 5. The highest BCUT2D eigenvalue weighted by Gasteiger charge is 2.15. The molecule has 7 heteroatoms. The highest BCUT2D eigenvalue weighted by atomic mass is 32.2. The predicted molar refractivity (Wildman–Crippen MR) is 112 cm³/mol. The first kappa shape index (κ1) is 21.9. The quantitative estimate of drug-likeness (QED) is 0.659. The number of carbonyl (C=O) groups excluding carboxylic acids is 1. The first-order chi connectivity index (χ1) is 13.4. The zero-order valence-corrected chi connectivity index (χ0v) is 17.5. The summed E-state index contributed by atoms with van der Waals surface area (Å²) >= 11 is 0. The monoisotopic (exact) mass is 404 g/mol. The summed E-state index contributed by atoms with van der Waals surface area (Å²) in [7, 11) is -1.93. The first-order valence-corrected chi connectivity index (χ1v) is 10.9. The molecule has 1 amide bonds. The van der Waals surface area contributed by atoms with Crippen LogP contribution in [0.3, 0.4) is 0 Å². The van der Waals surface area contributed by atoms with Crippen LogP contribution in [0, 0.1) is 6.92 Å². The molecule has 0 fully saturated rings. The molecular weight excluding hydrogens is 376 g/mol. The van der Waals surface area contributed by atoms with Gasteiger partial charge in [-0.15, -0.1) is 0 Å². The number of sulfone groups is 1. The van der Waals surface area contributed by atoms with Crippen LogP contribution in [0.2, 0.25) is 0 Å². The molecule has 0 unspecified atom stereocenters. The number of amides is 1. The Bertz CT molecular complexity index is 880. The number of benzene rings is 2. The Balaban J connectivity index is 1.92. The summed E-state index contributed by atoms with van der Waals surface area (Å²) in [5.74, 6) is -0.304. The molecule has 2 aromatic carbocycles. The van der Waals surface area contributed by atoms with Gasteiger partial charge in [0, 0.05) is 38.0 Å². The van der Waals surface area contributed by atoms with Gasteiger partial charge in [-0.2, -0.15) is 0 Å². The minimum absolute atomic E-state index is 0.0825. The molecule has 6 nitrogen and oxygen atoms in total. The van der Waals surface area contributed by atoms with Gasteiger partial charge >= 0.3 is 0 Å². The lowest BCUT2D eigenvalue weighted by atomic mass is 10.2. The second-order valence-electron chi connectivity index (χ2n) is 6.51. The minimum Gasteiger partial charge on any atom is -0.384 e. The van der Waals surface area contributed by atoms with Crippen molar-refractivity contribution in [1.82, 2.24) is 5.32 Å². The Labute approximate surface area is 167 Å². The molecule has 0 spiro atoms. The van der Waals surface area contributed by atoms with Crippen molar-refractivity contribution in [3.63, 3.8) is 0 Å². The SMILES string of the molecule is CCN(CCNC(=O)c1ccc(S(=O)(=O)CCOC)cc1)c1cccc(C)c1. The van der Waals surface area contributed by atoms with E-state index in [9.17, 15) is 13.2 Å². The van der Waals surface area contributed by atoms with E-state index >= 15 is 0 Å². The fourth-order valence-electron chi connectivity index (χ4n) is 2.83. The molecule has 0 aromatic heterocycles. The summed E-state index contributed by atoms with van der Waals surface area (Å²) in [5, 5.41) is 2.89. The van der Waals surface area contributed by atoms with Crippen molar-refractivity contribution in [2.24, 2.45) is 0 Å². The van der Waals surface area contributed by atoms with Crippen molar-refractivity contribution < 1.29 is 17.9 Å². The molecule has 0 bridgehead atoms. The number of methoxy groups -OCH3 is 1. The molecule has 0 atom stereocenters. The molecule has 0 saturated carbocycles. The Kier molecular flexibility index (Phi) is 8.02. The van der Waals surface area contributed by atoms with E-state index in [1.54, 1.807) is 0 Å². The highest BCUT2D eigenvalue weighted by molar-refractivity contribution is 7.91. The van der Waals surface area contributed by atoms with Crippen LogP contribution in [0.5, 0.6) is 0 Å². The van der Waals surface area contributed by atoms with E-state index in [0.29, 0.717) is 18.7 Å². The Morgan fingerprint density at radius 1 is 1.14 bits per heavy atom. The number of nitrogens with zero attached hydrogens (tertiary/aromatic N) is 1. The van der Waals surface area contributed by atoms with Crippen LogP contribution in [-0.2, 0) is 14.6 Å². The standard InChI is InChI=1S/C21H28N2O4S/c1-4-23(19-7-5-6-17(2)16-19)13-12-22-21(24)18-8-10-20(11-9-18)28(25,26)15-14-27-3/h5-11,16H,4,12-15H2,1-3H3,(H,22,24). The van der Waals surface area contributed by atoms with E-state index < -0.39 is 9.84 Å². The smallest absolute Gasteiger partial charge is 0.251 e. The van der Waals surface area contributed by atoms with E-state index in [-0.39, 0.29) is 23.2 Å². The van der Waals surface area contributed by atoms with Gasteiger partial charge in [-0.3, -0.25) is 4.79 Å². The number of aryl methyl sites for hydroxylation is 1. The second-order valence-corrected chi connectivity index (χ2v) is 8.62. The van der Waals surface area contributed by atoms with Gasteiger partial charge in [0.2, 0.25) is 0 Å². The lowest BCUT2D eigenvalue weighted by Gasteiger charge is -2.23. The zero-order chi connectivity index (χ0) is 20.6. The van der Waals surface area contributed by atoms with Crippen LogP contribution in [0.4, 0.5) is 5.69 Å². The van der Waals surface area contributed by atoms with Gasteiger partial charge in [0.1, 0.15) is 0 Å². The average Bonchev–Trinajstić information content (AvgIpc) is 2.69. The number of rotatable bonds is 10. The molecule has 2 rings (SSSR count). The van der Waals surface area contributed by atoms with Crippen molar-refractivity contribution in [3.05, 3.63) is 59.7 Å². The summed E-state index contributed by atoms with van der Waals surface area (Å²) in [6.45, 7) is 6.29. The number of carbonyl (C=O) groups is 1. The van der Waals surface area contributed by atoms with Crippen molar-refractivity contribution in [2.75, 3.05) is 44.0 Å². The van der Waals surface area contributed by atoms with Gasteiger partial charge in [0.05, 0.1) is 17.3 Å². The van der Waals surface area contributed by atoms with E-state index in [1.165, 1.54) is 36.9 Å².